The minimum absolute atomic E-state index is 0.107. The number of aryl methyl sites for hydroxylation is 1. The predicted octanol–water partition coefficient (Wildman–Crippen LogP) is 3.27. The number of nitrogens with zero attached hydrogens (tertiary/aromatic N) is 3. The zero-order valence-electron chi connectivity index (χ0n) is 15.5. The summed E-state index contributed by atoms with van der Waals surface area (Å²) in [5.74, 6) is -0.779. The van der Waals surface area contributed by atoms with Crippen LogP contribution in [0.15, 0.2) is 36.0 Å². The first-order valence-electron chi connectivity index (χ1n) is 9.20. The molecule has 1 aliphatic heterocycles. The summed E-state index contributed by atoms with van der Waals surface area (Å²) in [4.78, 5) is 35.5. The maximum atomic E-state index is 12.9. The molecule has 8 heteroatoms. The third-order valence-electron chi connectivity index (χ3n) is 5.07. The van der Waals surface area contributed by atoms with Crippen LogP contribution in [0.2, 0.25) is 0 Å². The summed E-state index contributed by atoms with van der Waals surface area (Å²) in [7, 11) is 0. The molecule has 2 aromatic heterocycles. The Balaban J connectivity index is 1.55. The fourth-order valence-corrected chi connectivity index (χ4v) is 4.29. The molecule has 1 aliphatic rings. The molecular weight excluding hydrogens is 374 g/mol. The molecule has 3 N–H and O–H groups in total. The molecule has 0 spiro atoms. The Hall–Kier alpha value is -3.00. The fourth-order valence-electron chi connectivity index (χ4n) is 3.57. The van der Waals surface area contributed by atoms with Gasteiger partial charge < -0.3 is 16.0 Å². The first kappa shape index (κ1) is 18.4. The number of rotatable bonds is 2. The first-order valence-corrected chi connectivity index (χ1v) is 10.1. The van der Waals surface area contributed by atoms with E-state index in [-0.39, 0.29) is 6.04 Å². The lowest BCUT2D eigenvalue weighted by Gasteiger charge is -2.35. The molecule has 1 fully saturated rings. The van der Waals surface area contributed by atoms with Crippen LogP contribution in [0.4, 0.5) is 11.5 Å². The van der Waals surface area contributed by atoms with Gasteiger partial charge in [0.25, 0.3) is 0 Å². The van der Waals surface area contributed by atoms with Crippen LogP contribution in [0.1, 0.15) is 36.4 Å². The summed E-state index contributed by atoms with van der Waals surface area (Å²) in [6, 6.07) is 7.66. The van der Waals surface area contributed by atoms with Crippen molar-refractivity contribution in [3.05, 3.63) is 47.1 Å². The molecule has 1 aromatic carbocycles. The second kappa shape index (κ2) is 7.55. The van der Waals surface area contributed by atoms with E-state index in [0.29, 0.717) is 18.1 Å². The number of carbonyl (C=O) groups excluding carboxylic acids is 2. The monoisotopic (exact) mass is 395 g/mol. The molecule has 28 heavy (non-hydrogen) atoms. The van der Waals surface area contributed by atoms with Crippen molar-refractivity contribution in [2.45, 2.75) is 32.2 Å². The first-order chi connectivity index (χ1) is 13.5. The van der Waals surface area contributed by atoms with E-state index in [1.165, 1.54) is 6.20 Å². The lowest BCUT2D eigenvalue weighted by Crippen LogP contribution is -2.44. The number of nitrogen functional groups attached to an aromatic ring is 1. The number of amides is 2. The number of nitrogens with two attached hydrogens (primary N) is 1. The van der Waals surface area contributed by atoms with Gasteiger partial charge in [-0.1, -0.05) is 6.07 Å². The van der Waals surface area contributed by atoms with Crippen molar-refractivity contribution in [1.82, 2.24) is 14.9 Å². The number of fused-ring (bicyclic) bond motifs is 1. The quantitative estimate of drug-likeness (QED) is 0.649. The summed E-state index contributed by atoms with van der Waals surface area (Å²) in [5, 5.41) is 2.65. The van der Waals surface area contributed by atoms with Crippen molar-refractivity contribution in [3.63, 3.8) is 0 Å². The van der Waals surface area contributed by atoms with Crippen LogP contribution in [0.5, 0.6) is 0 Å². The maximum Gasteiger partial charge on any atom is 0.313 e. The zero-order valence-corrected chi connectivity index (χ0v) is 16.3. The number of thiazole rings is 1. The SMILES string of the molecule is Cc1cc(NC(=O)C(=O)N2CCCC[C@H]2c2ccc3ncsc3c2)cnc1N. The molecule has 0 unspecified atom stereocenters. The third-order valence-corrected chi connectivity index (χ3v) is 5.87. The summed E-state index contributed by atoms with van der Waals surface area (Å²) < 4.78 is 1.09. The van der Waals surface area contributed by atoms with Gasteiger partial charge in [0.1, 0.15) is 5.82 Å². The van der Waals surface area contributed by atoms with Crippen molar-refractivity contribution in [2.24, 2.45) is 0 Å². The van der Waals surface area contributed by atoms with Crippen LogP contribution in [-0.2, 0) is 9.59 Å². The lowest BCUT2D eigenvalue weighted by molar-refractivity contribution is -0.145. The molecule has 3 heterocycles. The smallest absolute Gasteiger partial charge is 0.313 e. The minimum atomic E-state index is -0.656. The van der Waals surface area contributed by atoms with Gasteiger partial charge in [0.15, 0.2) is 0 Å². The molecule has 0 radical (unpaired) electrons. The largest absolute Gasteiger partial charge is 0.383 e. The summed E-state index contributed by atoms with van der Waals surface area (Å²) >= 11 is 1.57. The van der Waals surface area contributed by atoms with Crippen molar-refractivity contribution < 1.29 is 9.59 Å². The van der Waals surface area contributed by atoms with E-state index in [0.717, 1.165) is 40.6 Å². The van der Waals surface area contributed by atoms with E-state index in [4.69, 9.17) is 5.73 Å². The number of benzene rings is 1. The highest BCUT2D eigenvalue weighted by molar-refractivity contribution is 7.16. The molecule has 0 saturated carbocycles. The van der Waals surface area contributed by atoms with Crippen molar-refractivity contribution in [1.29, 1.82) is 0 Å². The molecule has 0 aliphatic carbocycles. The van der Waals surface area contributed by atoms with E-state index >= 15 is 0 Å². The van der Waals surface area contributed by atoms with Gasteiger partial charge in [0, 0.05) is 6.54 Å². The molecule has 2 amide bonds. The number of hydrogen-bond acceptors (Lipinski definition) is 6. The minimum Gasteiger partial charge on any atom is -0.383 e. The van der Waals surface area contributed by atoms with Crippen LogP contribution < -0.4 is 11.1 Å². The summed E-state index contributed by atoms with van der Waals surface area (Å²) in [5.41, 5.74) is 10.7. The van der Waals surface area contributed by atoms with Gasteiger partial charge in [-0.15, -0.1) is 11.3 Å². The second-order valence-corrected chi connectivity index (χ2v) is 7.86. The number of nitrogens with one attached hydrogen (secondary N) is 1. The highest BCUT2D eigenvalue weighted by Gasteiger charge is 2.32. The highest BCUT2D eigenvalue weighted by Crippen LogP contribution is 2.33. The number of pyridine rings is 1. The van der Waals surface area contributed by atoms with Crippen LogP contribution >= 0.6 is 11.3 Å². The van der Waals surface area contributed by atoms with Gasteiger partial charge >= 0.3 is 11.8 Å². The van der Waals surface area contributed by atoms with Crippen molar-refractivity contribution in [2.75, 3.05) is 17.6 Å². The van der Waals surface area contributed by atoms with E-state index < -0.39 is 11.8 Å². The van der Waals surface area contributed by atoms with Crippen molar-refractivity contribution in [3.8, 4) is 0 Å². The zero-order chi connectivity index (χ0) is 19.7. The molecule has 1 atom stereocenters. The van der Waals surface area contributed by atoms with E-state index in [2.05, 4.69) is 21.4 Å². The standard InChI is InChI=1S/C20H21N5O2S/c1-12-8-14(10-22-18(12)21)24-19(26)20(27)25-7-3-2-4-16(25)13-5-6-15-17(9-13)28-11-23-15/h5-6,8-11,16H,2-4,7H2,1H3,(H2,21,22)(H,24,26)/t16-/m0/s1. The summed E-state index contributed by atoms with van der Waals surface area (Å²) in [6.07, 6.45) is 4.21. The van der Waals surface area contributed by atoms with Crippen LogP contribution in [-0.4, -0.2) is 33.2 Å². The molecule has 1 saturated heterocycles. The Kier molecular flexibility index (Phi) is 4.95. The normalized spacial score (nSPS) is 16.9. The highest BCUT2D eigenvalue weighted by atomic mass is 32.1. The number of aromatic nitrogens is 2. The number of carbonyl (C=O) groups is 2. The Morgan fingerprint density at radius 2 is 2.11 bits per heavy atom. The van der Waals surface area contributed by atoms with E-state index in [1.54, 1.807) is 29.2 Å². The number of piperidine rings is 1. The van der Waals surface area contributed by atoms with Crippen molar-refractivity contribution >= 4 is 44.9 Å². The van der Waals surface area contributed by atoms with Gasteiger partial charge in [0.2, 0.25) is 0 Å². The van der Waals surface area contributed by atoms with Gasteiger partial charge in [0.05, 0.1) is 33.7 Å². The van der Waals surface area contributed by atoms with Crippen LogP contribution in [0.3, 0.4) is 0 Å². The summed E-state index contributed by atoms with van der Waals surface area (Å²) in [6.45, 7) is 2.37. The molecule has 144 valence electrons. The molecule has 4 rings (SSSR count). The molecular formula is C20H21N5O2S. The fraction of sp³-hybridized carbons (Fsp3) is 0.300. The second-order valence-electron chi connectivity index (χ2n) is 6.97. The topological polar surface area (TPSA) is 101 Å². The van der Waals surface area contributed by atoms with Crippen LogP contribution in [0, 0.1) is 6.92 Å². The Labute approximate surface area is 166 Å². The van der Waals surface area contributed by atoms with Gasteiger partial charge in [-0.05, 0) is 55.5 Å². The van der Waals surface area contributed by atoms with Gasteiger partial charge in [-0.25, -0.2) is 9.97 Å². The van der Waals surface area contributed by atoms with Gasteiger partial charge in [-0.3, -0.25) is 9.59 Å². The van der Waals surface area contributed by atoms with Gasteiger partial charge in [-0.2, -0.15) is 0 Å². The predicted molar refractivity (Wildman–Crippen MR) is 110 cm³/mol. The van der Waals surface area contributed by atoms with E-state index in [9.17, 15) is 9.59 Å². The average molecular weight is 395 g/mol. The Morgan fingerprint density at radius 3 is 2.93 bits per heavy atom. The van der Waals surface area contributed by atoms with E-state index in [1.807, 2.05) is 17.6 Å². The number of likely N-dealkylation sites (tertiary alicyclic amines) is 1. The lowest BCUT2D eigenvalue weighted by atomic mass is 9.95. The number of hydrogen-bond donors (Lipinski definition) is 2. The Bertz CT molecular complexity index is 1050. The molecule has 0 bridgehead atoms. The third kappa shape index (κ3) is 3.55. The average Bonchev–Trinajstić information content (AvgIpc) is 3.18. The Morgan fingerprint density at radius 1 is 1.25 bits per heavy atom. The molecule has 7 nitrogen and oxygen atoms in total. The maximum absolute atomic E-state index is 12.9. The van der Waals surface area contributed by atoms with Crippen LogP contribution in [0.25, 0.3) is 10.2 Å². The number of anilines is 2. The molecule has 3 aromatic rings.